The summed E-state index contributed by atoms with van der Waals surface area (Å²) >= 11 is 1.39. The van der Waals surface area contributed by atoms with Gasteiger partial charge in [-0.05, 0) is 18.2 Å². The van der Waals surface area contributed by atoms with Gasteiger partial charge in [0.1, 0.15) is 0 Å². The molecule has 0 bridgehead atoms. The number of hydrogen-bond acceptors (Lipinski definition) is 6. The van der Waals surface area contributed by atoms with Crippen LogP contribution in [0.4, 0.5) is 11.4 Å². The maximum absolute atomic E-state index is 11.0. The van der Waals surface area contributed by atoms with E-state index in [1.165, 1.54) is 30.6 Å². The van der Waals surface area contributed by atoms with Gasteiger partial charge in [0.2, 0.25) is 5.91 Å². The van der Waals surface area contributed by atoms with Gasteiger partial charge in [-0.25, -0.2) is 0 Å². The molecule has 2 rings (SSSR count). The second-order valence-corrected chi connectivity index (χ2v) is 5.16. The van der Waals surface area contributed by atoms with Crippen molar-refractivity contribution in [2.24, 2.45) is 5.73 Å². The highest BCUT2D eigenvalue weighted by molar-refractivity contribution is 7.10. The summed E-state index contributed by atoms with van der Waals surface area (Å²) in [6.07, 6.45) is 0. The Morgan fingerprint density at radius 3 is 2.81 bits per heavy atom. The molecular formula is C13H13N3O4S. The van der Waals surface area contributed by atoms with Gasteiger partial charge in [0.15, 0.2) is 5.75 Å². The number of carbonyl (C=O) groups is 1. The van der Waals surface area contributed by atoms with Gasteiger partial charge in [-0.1, -0.05) is 0 Å². The van der Waals surface area contributed by atoms with Crippen molar-refractivity contribution >= 4 is 28.6 Å². The average Bonchev–Trinajstić information content (AvgIpc) is 2.94. The van der Waals surface area contributed by atoms with Gasteiger partial charge < -0.3 is 15.8 Å². The molecule has 110 valence electrons. The minimum atomic E-state index is -0.500. The predicted molar refractivity (Wildman–Crippen MR) is 79.8 cm³/mol. The molecule has 7 nitrogen and oxygen atoms in total. The maximum atomic E-state index is 11.0. The molecule has 2 aromatic rings. The lowest BCUT2D eigenvalue weighted by Crippen LogP contribution is -2.09. The van der Waals surface area contributed by atoms with Crippen molar-refractivity contribution in [1.29, 1.82) is 0 Å². The van der Waals surface area contributed by atoms with Crippen LogP contribution in [-0.4, -0.2) is 17.9 Å². The van der Waals surface area contributed by atoms with E-state index in [-0.39, 0.29) is 11.4 Å². The molecule has 1 amide bonds. The number of ether oxygens (including phenoxy) is 1. The summed E-state index contributed by atoms with van der Waals surface area (Å²) in [4.78, 5) is 22.3. The molecule has 0 saturated heterocycles. The van der Waals surface area contributed by atoms with Crippen molar-refractivity contribution in [3.63, 3.8) is 0 Å². The van der Waals surface area contributed by atoms with Gasteiger partial charge in [-0.15, -0.1) is 11.3 Å². The van der Waals surface area contributed by atoms with Crippen LogP contribution in [0.2, 0.25) is 0 Å². The Morgan fingerprint density at radius 1 is 1.48 bits per heavy atom. The van der Waals surface area contributed by atoms with Gasteiger partial charge in [-0.3, -0.25) is 14.9 Å². The highest BCUT2D eigenvalue weighted by atomic mass is 32.1. The van der Waals surface area contributed by atoms with Crippen molar-refractivity contribution in [3.8, 4) is 5.75 Å². The first-order valence-corrected chi connectivity index (χ1v) is 6.82. The third-order valence-electron chi connectivity index (χ3n) is 2.78. The zero-order valence-electron chi connectivity index (χ0n) is 11.2. The van der Waals surface area contributed by atoms with E-state index in [0.29, 0.717) is 17.8 Å². The standard InChI is InChI=1S/C13H13N3O4S/c1-20-12-3-2-9(5-11(12)16(18)19)15-6-10-4-8(7-21-10)13(14)17/h2-5,7,15H,6H2,1H3,(H2,14,17). The molecule has 0 radical (unpaired) electrons. The smallest absolute Gasteiger partial charge is 0.312 e. The van der Waals surface area contributed by atoms with Crippen LogP contribution in [0.25, 0.3) is 0 Å². The zero-order valence-corrected chi connectivity index (χ0v) is 12.0. The number of nitro groups is 1. The van der Waals surface area contributed by atoms with E-state index in [0.717, 1.165) is 4.88 Å². The first-order chi connectivity index (χ1) is 10.0. The van der Waals surface area contributed by atoms with E-state index in [1.54, 1.807) is 17.5 Å². The van der Waals surface area contributed by atoms with E-state index in [9.17, 15) is 14.9 Å². The topological polar surface area (TPSA) is 107 Å². The molecule has 0 aliphatic rings. The van der Waals surface area contributed by atoms with E-state index in [4.69, 9.17) is 10.5 Å². The molecular weight excluding hydrogens is 294 g/mol. The number of amides is 1. The molecule has 3 N–H and O–H groups in total. The van der Waals surface area contributed by atoms with Crippen molar-refractivity contribution < 1.29 is 14.5 Å². The highest BCUT2D eigenvalue weighted by Crippen LogP contribution is 2.30. The second-order valence-electron chi connectivity index (χ2n) is 4.16. The number of nitrogens with two attached hydrogens (primary N) is 1. The number of rotatable bonds is 6. The largest absolute Gasteiger partial charge is 0.490 e. The van der Waals surface area contributed by atoms with Crippen molar-refractivity contribution in [1.82, 2.24) is 0 Å². The van der Waals surface area contributed by atoms with E-state index in [2.05, 4.69) is 5.32 Å². The number of nitro benzene ring substituents is 1. The summed E-state index contributed by atoms with van der Waals surface area (Å²) in [6.45, 7) is 0.446. The van der Waals surface area contributed by atoms with Crippen LogP contribution in [-0.2, 0) is 6.54 Å². The molecule has 8 heteroatoms. The molecule has 1 aromatic carbocycles. The van der Waals surface area contributed by atoms with Gasteiger partial charge in [-0.2, -0.15) is 0 Å². The summed E-state index contributed by atoms with van der Waals surface area (Å²) in [6, 6.07) is 6.32. The van der Waals surface area contributed by atoms with Crippen LogP contribution in [0.5, 0.6) is 5.75 Å². The van der Waals surface area contributed by atoms with Crippen LogP contribution in [0.3, 0.4) is 0 Å². The van der Waals surface area contributed by atoms with Crippen LogP contribution in [0, 0.1) is 10.1 Å². The lowest BCUT2D eigenvalue weighted by molar-refractivity contribution is -0.385. The average molecular weight is 307 g/mol. The minimum absolute atomic E-state index is 0.105. The molecule has 1 aromatic heterocycles. The van der Waals surface area contributed by atoms with Crippen LogP contribution in [0.15, 0.2) is 29.6 Å². The third kappa shape index (κ3) is 3.48. The Hall–Kier alpha value is -2.61. The van der Waals surface area contributed by atoms with Gasteiger partial charge >= 0.3 is 5.69 Å². The quantitative estimate of drug-likeness (QED) is 0.629. The number of carbonyl (C=O) groups excluding carboxylic acids is 1. The number of anilines is 1. The van der Waals surface area contributed by atoms with E-state index >= 15 is 0 Å². The molecule has 0 aliphatic carbocycles. The lowest BCUT2D eigenvalue weighted by atomic mass is 10.2. The van der Waals surface area contributed by atoms with Gasteiger partial charge in [0.05, 0.1) is 17.6 Å². The molecule has 0 fully saturated rings. The first kappa shape index (κ1) is 14.8. The van der Waals surface area contributed by atoms with Crippen LogP contribution in [0.1, 0.15) is 15.2 Å². The number of thiophene rings is 1. The number of primary amides is 1. The van der Waals surface area contributed by atoms with Crippen LogP contribution >= 0.6 is 11.3 Å². The summed E-state index contributed by atoms with van der Waals surface area (Å²) in [5.41, 5.74) is 6.12. The van der Waals surface area contributed by atoms with Gasteiger partial charge in [0.25, 0.3) is 0 Å². The minimum Gasteiger partial charge on any atom is -0.490 e. The summed E-state index contributed by atoms with van der Waals surface area (Å²) < 4.78 is 4.94. The molecule has 1 heterocycles. The maximum Gasteiger partial charge on any atom is 0.312 e. The van der Waals surface area contributed by atoms with Crippen molar-refractivity contribution in [2.45, 2.75) is 6.54 Å². The van der Waals surface area contributed by atoms with Crippen LogP contribution < -0.4 is 15.8 Å². The predicted octanol–water partition coefficient (Wildman–Crippen LogP) is 2.38. The Labute approximate surface area is 124 Å². The van der Waals surface area contributed by atoms with E-state index < -0.39 is 10.8 Å². The Bertz CT molecular complexity index is 684. The number of nitrogens with zero attached hydrogens (tertiary/aromatic N) is 1. The second kappa shape index (κ2) is 6.23. The fraction of sp³-hybridized carbons (Fsp3) is 0.154. The van der Waals surface area contributed by atoms with Crippen molar-refractivity contribution in [3.05, 3.63) is 50.2 Å². The number of benzene rings is 1. The van der Waals surface area contributed by atoms with Crippen molar-refractivity contribution in [2.75, 3.05) is 12.4 Å². The lowest BCUT2D eigenvalue weighted by Gasteiger charge is -2.07. The Kier molecular flexibility index (Phi) is 4.39. The summed E-state index contributed by atoms with van der Waals surface area (Å²) in [5.74, 6) is -0.268. The molecule has 0 atom stereocenters. The first-order valence-electron chi connectivity index (χ1n) is 5.94. The summed E-state index contributed by atoms with van der Waals surface area (Å²) in [7, 11) is 1.38. The zero-order chi connectivity index (χ0) is 15.4. The summed E-state index contributed by atoms with van der Waals surface area (Å²) in [5, 5.41) is 15.7. The number of methoxy groups -OCH3 is 1. The highest BCUT2D eigenvalue weighted by Gasteiger charge is 2.15. The number of hydrogen-bond donors (Lipinski definition) is 2. The fourth-order valence-corrected chi connectivity index (χ4v) is 2.55. The number of nitrogens with one attached hydrogen (secondary N) is 1. The Morgan fingerprint density at radius 2 is 2.24 bits per heavy atom. The van der Waals surface area contributed by atoms with Gasteiger partial charge in [0, 0.05) is 28.6 Å². The normalized spacial score (nSPS) is 10.1. The van der Waals surface area contributed by atoms with E-state index in [1.807, 2.05) is 0 Å². The third-order valence-corrected chi connectivity index (χ3v) is 3.72. The molecule has 0 spiro atoms. The SMILES string of the molecule is COc1ccc(NCc2cc(C(N)=O)cs2)cc1[N+](=O)[O-]. The molecule has 0 unspecified atom stereocenters. The molecule has 21 heavy (non-hydrogen) atoms. The molecule has 0 aliphatic heterocycles. The molecule has 0 saturated carbocycles. The Balaban J connectivity index is 2.10. The fourth-order valence-electron chi connectivity index (χ4n) is 1.73. The monoisotopic (exact) mass is 307 g/mol.